The van der Waals surface area contributed by atoms with E-state index in [2.05, 4.69) is 71.7 Å². The summed E-state index contributed by atoms with van der Waals surface area (Å²) in [5.74, 6) is 9.48. The molecule has 3 heteroatoms. The van der Waals surface area contributed by atoms with E-state index in [1.54, 1.807) is 0 Å². The van der Waals surface area contributed by atoms with Gasteiger partial charge in [0.2, 0.25) is 0 Å². The summed E-state index contributed by atoms with van der Waals surface area (Å²) in [6, 6.07) is 0. The standard InChI is InChI=1S/C24H40O2Si/c1-9-10-11-17(2)23(26-27(7,8)24(4,5)6)13-12-21-18(3)14-19-15-20(25)16-22(19)21/h12-13,17-19,21-23H,11,14-16H2,1-8H3/b13-12+/t17-,18+,19+,21-,22-,23+/m0/s1. The largest absolute Gasteiger partial charge is 0.410 e. The molecular formula is C24H40O2Si. The SMILES string of the molecule is CC#CC[C@H](C)[C@@H](/C=C/[C@@H]1[C@H]2CC(=O)C[C@H]2C[C@H]1C)O[Si](C)(C)C(C)(C)C. The molecule has 0 bridgehead atoms. The zero-order chi connectivity index (χ0) is 20.4. The lowest BCUT2D eigenvalue weighted by atomic mass is 9.87. The minimum absolute atomic E-state index is 0.107. The molecule has 2 aliphatic rings. The normalized spacial score (nSPS) is 30.9. The first-order valence-corrected chi connectivity index (χ1v) is 13.6. The Labute approximate surface area is 168 Å². The highest BCUT2D eigenvalue weighted by Crippen LogP contribution is 2.50. The topological polar surface area (TPSA) is 26.3 Å². The van der Waals surface area contributed by atoms with E-state index in [1.165, 1.54) is 6.42 Å². The Bertz CT molecular complexity index is 617. The van der Waals surface area contributed by atoms with E-state index in [0.717, 1.165) is 19.3 Å². The Hall–Kier alpha value is -0.853. The first kappa shape index (κ1) is 22.4. The van der Waals surface area contributed by atoms with Gasteiger partial charge in [0.25, 0.3) is 0 Å². The van der Waals surface area contributed by atoms with E-state index < -0.39 is 8.32 Å². The second-order valence-electron chi connectivity index (χ2n) is 10.5. The van der Waals surface area contributed by atoms with E-state index >= 15 is 0 Å². The van der Waals surface area contributed by atoms with Crippen molar-refractivity contribution in [2.75, 3.05) is 0 Å². The van der Waals surface area contributed by atoms with Crippen LogP contribution in [0.4, 0.5) is 0 Å². The van der Waals surface area contributed by atoms with Gasteiger partial charge < -0.3 is 4.43 Å². The highest BCUT2D eigenvalue weighted by Gasteiger charge is 2.45. The van der Waals surface area contributed by atoms with Gasteiger partial charge in [0.15, 0.2) is 8.32 Å². The second kappa shape index (κ2) is 8.66. The second-order valence-corrected chi connectivity index (χ2v) is 15.3. The lowest BCUT2D eigenvalue weighted by Crippen LogP contribution is -2.45. The zero-order valence-corrected chi connectivity index (χ0v) is 19.8. The van der Waals surface area contributed by atoms with E-state index in [0.29, 0.717) is 35.4 Å². The van der Waals surface area contributed by atoms with Crippen LogP contribution in [0.2, 0.25) is 18.1 Å². The maximum Gasteiger partial charge on any atom is 0.192 e. The van der Waals surface area contributed by atoms with Crippen LogP contribution in [0.15, 0.2) is 12.2 Å². The highest BCUT2D eigenvalue weighted by molar-refractivity contribution is 6.74. The van der Waals surface area contributed by atoms with Crippen LogP contribution in [0, 0.1) is 41.4 Å². The third kappa shape index (κ3) is 5.36. The van der Waals surface area contributed by atoms with Crippen molar-refractivity contribution in [3.8, 4) is 11.8 Å². The molecule has 0 spiro atoms. The number of hydrogen-bond acceptors (Lipinski definition) is 2. The molecule has 0 aliphatic heterocycles. The summed E-state index contributed by atoms with van der Waals surface area (Å²) in [6.07, 6.45) is 8.51. The zero-order valence-electron chi connectivity index (χ0n) is 18.8. The third-order valence-electron chi connectivity index (χ3n) is 7.31. The number of carbonyl (C=O) groups is 1. The molecule has 6 atom stereocenters. The average molecular weight is 389 g/mol. The van der Waals surface area contributed by atoms with Crippen molar-refractivity contribution in [2.24, 2.45) is 29.6 Å². The minimum atomic E-state index is -1.85. The van der Waals surface area contributed by atoms with Gasteiger partial charge in [-0.1, -0.05) is 46.8 Å². The fraction of sp³-hybridized carbons (Fsp3) is 0.792. The van der Waals surface area contributed by atoms with Crippen LogP contribution < -0.4 is 0 Å². The monoisotopic (exact) mass is 388 g/mol. The predicted octanol–water partition coefficient (Wildman–Crippen LogP) is 6.23. The molecule has 27 heavy (non-hydrogen) atoms. The smallest absolute Gasteiger partial charge is 0.192 e. The molecule has 2 nitrogen and oxygen atoms in total. The van der Waals surface area contributed by atoms with Gasteiger partial charge in [-0.25, -0.2) is 0 Å². The first-order chi connectivity index (χ1) is 12.5. The number of Topliss-reactive ketones (excluding diaryl/α,β-unsaturated/α-hetero) is 1. The third-order valence-corrected chi connectivity index (χ3v) is 11.8. The summed E-state index contributed by atoms with van der Waals surface area (Å²) in [7, 11) is -1.85. The molecule has 2 aliphatic carbocycles. The Balaban J connectivity index is 2.18. The molecule has 0 amide bonds. The molecule has 0 aromatic heterocycles. The molecule has 0 aromatic carbocycles. The van der Waals surface area contributed by atoms with Crippen molar-refractivity contribution in [2.45, 2.75) is 91.5 Å². The average Bonchev–Trinajstić information content (AvgIpc) is 3.03. The van der Waals surface area contributed by atoms with Gasteiger partial charge in [0.1, 0.15) is 5.78 Å². The van der Waals surface area contributed by atoms with Crippen molar-refractivity contribution >= 4 is 14.1 Å². The van der Waals surface area contributed by atoms with Gasteiger partial charge in [-0.05, 0) is 61.1 Å². The van der Waals surface area contributed by atoms with Crippen LogP contribution in [-0.4, -0.2) is 20.2 Å². The quantitative estimate of drug-likeness (QED) is 0.306. The van der Waals surface area contributed by atoms with E-state index in [4.69, 9.17) is 4.43 Å². The number of hydrogen-bond donors (Lipinski definition) is 0. The Kier molecular flexibility index (Phi) is 7.20. The number of fused-ring (bicyclic) bond motifs is 1. The van der Waals surface area contributed by atoms with Gasteiger partial charge in [-0.2, -0.15) is 0 Å². The molecule has 0 aromatic rings. The van der Waals surface area contributed by atoms with Crippen LogP contribution in [0.5, 0.6) is 0 Å². The van der Waals surface area contributed by atoms with Gasteiger partial charge in [-0.15, -0.1) is 11.8 Å². The van der Waals surface area contributed by atoms with Crippen LogP contribution in [0.25, 0.3) is 0 Å². The lowest BCUT2D eigenvalue weighted by Gasteiger charge is -2.40. The number of allylic oxidation sites excluding steroid dienone is 1. The summed E-state index contributed by atoms with van der Waals surface area (Å²) in [5.41, 5.74) is 0. The molecule has 0 N–H and O–H groups in total. The van der Waals surface area contributed by atoms with E-state index in [1.807, 2.05) is 6.92 Å². The van der Waals surface area contributed by atoms with Gasteiger partial charge in [-0.3, -0.25) is 4.79 Å². The molecule has 2 saturated carbocycles. The summed E-state index contributed by atoms with van der Waals surface area (Å²) >= 11 is 0. The van der Waals surface area contributed by atoms with Crippen LogP contribution in [0.3, 0.4) is 0 Å². The predicted molar refractivity (Wildman–Crippen MR) is 117 cm³/mol. The Morgan fingerprint density at radius 2 is 1.96 bits per heavy atom. The molecule has 152 valence electrons. The summed E-state index contributed by atoms with van der Waals surface area (Å²) in [4.78, 5) is 11.9. The first-order valence-electron chi connectivity index (χ1n) is 10.7. The van der Waals surface area contributed by atoms with Crippen LogP contribution in [-0.2, 0) is 9.22 Å². The number of ketones is 1. The van der Waals surface area contributed by atoms with Crippen molar-refractivity contribution < 1.29 is 9.22 Å². The highest BCUT2D eigenvalue weighted by atomic mass is 28.4. The molecule has 0 heterocycles. The van der Waals surface area contributed by atoms with Crippen molar-refractivity contribution in [3.05, 3.63) is 12.2 Å². The molecule has 2 fully saturated rings. The number of rotatable bonds is 6. The van der Waals surface area contributed by atoms with Gasteiger partial charge >= 0.3 is 0 Å². The lowest BCUT2D eigenvalue weighted by molar-refractivity contribution is -0.118. The summed E-state index contributed by atoms with van der Waals surface area (Å²) in [6.45, 7) is 18.1. The maximum atomic E-state index is 11.9. The fourth-order valence-electron chi connectivity index (χ4n) is 4.53. The maximum absolute atomic E-state index is 11.9. The molecule has 0 saturated heterocycles. The van der Waals surface area contributed by atoms with Crippen molar-refractivity contribution in [1.82, 2.24) is 0 Å². The molecule has 0 unspecified atom stereocenters. The van der Waals surface area contributed by atoms with Crippen molar-refractivity contribution in [3.63, 3.8) is 0 Å². The Morgan fingerprint density at radius 1 is 1.30 bits per heavy atom. The molecular weight excluding hydrogens is 348 g/mol. The minimum Gasteiger partial charge on any atom is -0.410 e. The van der Waals surface area contributed by atoms with Crippen LogP contribution >= 0.6 is 0 Å². The molecule has 0 radical (unpaired) electrons. The van der Waals surface area contributed by atoms with Crippen LogP contribution in [0.1, 0.15) is 67.2 Å². The summed E-state index contributed by atoms with van der Waals surface area (Å²) < 4.78 is 6.81. The fourth-order valence-corrected chi connectivity index (χ4v) is 5.88. The van der Waals surface area contributed by atoms with E-state index in [9.17, 15) is 4.79 Å². The van der Waals surface area contributed by atoms with Gasteiger partial charge in [0, 0.05) is 19.3 Å². The van der Waals surface area contributed by atoms with E-state index in [-0.39, 0.29) is 11.1 Å². The Morgan fingerprint density at radius 3 is 2.56 bits per heavy atom. The van der Waals surface area contributed by atoms with Crippen molar-refractivity contribution in [1.29, 1.82) is 0 Å². The number of carbonyl (C=O) groups excluding carboxylic acids is 1. The van der Waals surface area contributed by atoms with Gasteiger partial charge in [0.05, 0.1) is 6.10 Å². The summed E-state index contributed by atoms with van der Waals surface area (Å²) in [5, 5.41) is 0.193. The molecule has 2 rings (SSSR count).